The van der Waals surface area contributed by atoms with Crippen LogP contribution in [0.5, 0.6) is 0 Å². The Kier molecular flexibility index (Phi) is 4.07. The Morgan fingerprint density at radius 1 is 1.38 bits per heavy atom. The van der Waals surface area contributed by atoms with Gasteiger partial charge in [0, 0.05) is 0 Å². The van der Waals surface area contributed by atoms with Crippen LogP contribution in [-0.4, -0.2) is 33.1 Å². The number of benzene rings is 1. The maximum Gasteiger partial charge on any atom is 0.250 e. The summed E-state index contributed by atoms with van der Waals surface area (Å²) in [7, 11) is 0. The van der Waals surface area contributed by atoms with Gasteiger partial charge in [-0.2, -0.15) is 0 Å². The summed E-state index contributed by atoms with van der Waals surface area (Å²) in [5, 5.41) is 9.92. The molecule has 0 atom stereocenters. The van der Waals surface area contributed by atoms with Gasteiger partial charge in [-0.1, -0.05) is 17.3 Å². The van der Waals surface area contributed by atoms with Crippen molar-refractivity contribution in [3.05, 3.63) is 41.2 Å². The first-order valence-electron chi connectivity index (χ1n) is 6.07. The van der Waals surface area contributed by atoms with Crippen LogP contribution in [0, 0.1) is 6.92 Å². The molecule has 0 aliphatic rings. The van der Waals surface area contributed by atoms with E-state index in [9.17, 15) is 14.4 Å². The number of carbonyl (C=O) groups is 3. The fourth-order valence-electron chi connectivity index (χ4n) is 1.77. The summed E-state index contributed by atoms with van der Waals surface area (Å²) in [6.45, 7) is 1.51. The minimum Gasteiger partial charge on any atom is -0.366 e. The maximum atomic E-state index is 12.0. The SMILES string of the molecule is Cc1c(C=O)nnn1CC(=O)Nc1ccccc1C(N)=O. The van der Waals surface area contributed by atoms with Crippen LogP contribution in [0.2, 0.25) is 0 Å². The van der Waals surface area contributed by atoms with Crippen LogP contribution in [0.25, 0.3) is 0 Å². The molecule has 8 nitrogen and oxygen atoms in total. The first-order valence-corrected chi connectivity index (χ1v) is 6.07. The number of hydrogen-bond acceptors (Lipinski definition) is 5. The topological polar surface area (TPSA) is 120 Å². The quantitative estimate of drug-likeness (QED) is 0.758. The third-order valence-corrected chi connectivity index (χ3v) is 2.89. The van der Waals surface area contributed by atoms with Gasteiger partial charge in [0.1, 0.15) is 12.2 Å². The van der Waals surface area contributed by atoms with E-state index in [1.807, 2.05) is 0 Å². The van der Waals surface area contributed by atoms with Gasteiger partial charge in [-0.15, -0.1) is 5.10 Å². The Labute approximate surface area is 119 Å². The number of amides is 2. The molecule has 0 aliphatic carbocycles. The van der Waals surface area contributed by atoms with Crippen molar-refractivity contribution in [3.63, 3.8) is 0 Å². The zero-order chi connectivity index (χ0) is 15.4. The van der Waals surface area contributed by atoms with Crippen molar-refractivity contribution in [1.29, 1.82) is 0 Å². The lowest BCUT2D eigenvalue weighted by Crippen LogP contribution is -2.22. The molecule has 0 spiro atoms. The van der Waals surface area contributed by atoms with Gasteiger partial charge in [0.05, 0.1) is 16.9 Å². The van der Waals surface area contributed by atoms with Crippen molar-refractivity contribution in [3.8, 4) is 0 Å². The highest BCUT2D eigenvalue weighted by Gasteiger charge is 2.13. The smallest absolute Gasteiger partial charge is 0.250 e. The van der Waals surface area contributed by atoms with Crippen LogP contribution < -0.4 is 11.1 Å². The number of anilines is 1. The van der Waals surface area contributed by atoms with Gasteiger partial charge in [-0.25, -0.2) is 4.68 Å². The number of rotatable bonds is 5. The molecular formula is C13H13N5O3. The maximum absolute atomic E-state index is 12.0. The molecule has 2 amide bonds. The molecule has 0 unspecified atom stereocenters. The van der Waals surface area contributed by atoms with Crippen LogP contribution in [0.15, 0.2) is 24.3 Å². The van der Waals surface area contributed by atoms with Gasteiger partial charge in [0.2, 0.25) is 5.91 Å². The highest BCUT2D eigenvalue weighted by atomic mass is 16.2. The van der Waals surface area contributed by atoms with Crippen molar-refractivity contribution in [2.75, 3.05) is 5.32 Å². The Morgan fingerprint density at radius 2 is 2.10 bits per heavy atom. The second-order valence-electron chi connectivity index (χ2n) is 4.29. The first-order chi connectivity index (χ1) is 10.0. The van der Waals surface area contributed by atoms with E-state index in [1.165, 1.54) is 10.7 Å². The number of nitrogens with two attached hydrogens (primary N) is 1. The van der Waals surface area contributed by atoms with Gasteiger partial charge in [-0.05, 0) is 19.1 Å². The van der Waals surface area contributed by atoms with Gasteiger partial charge >= 0.3 is 0 Å². The molecule has 1 aromatic carbocycles. The molecule has 0 saturated heterocycles. The molecule has 1 heterocycles. The molecule has 0 aliphatic heterocycles. The Morgan fingerprint density at radius 3 is 2.71 bits per heavy atom. The molecule has 8 heteroatoms. The summed E-state index contributed by atoms with van der Waals surface area (Å²) in [6.07, 6.45) is 0.569. The average Bonchev–Trinajstić information content (AvgIpc) is 2.79. The van der Waals surface area contributed by atoms with Crippen LogP contribution in [0.3, 0.4) is 0 Å². The summed E-state index contributed by atoms with van der Waals surface area (Å²) in [4.78, 5) is 33.9. The number of nitrogens with zero attached hydrogens (tertiary/aromatic N) is 3. The van der Waals surface area contributed by atoms with Crippen molar-refractivity contribution >= 4 is 23.8 Å². The summed E-state index contributed by atoms with van der Waals surface area (Å²) in [5.41, 5.74) is 6.44. The second kappa shape index (κ2) is 5.95. The van der Waals surface area contributed by atoms with Crippen LogP contribution in [0.4, 0.5) is 5.69 Å². The molecule has 0 radical (unpaired) electrons. The fourth-order valence-corrected chi connectivity index (χ4v) is 1.77. The summed E-state index contributed by atoms with van der Waals surface area (Å²) in [5.74, 6) is -1.04. The highest BCUT2D eigenvalue weighted by Crippen LogP contribution is 2.14. The molecule has 0 bridgehead atoms. The van der Waals surface area contributed by atoms with E-state index in [2.05, 4.69) is 15.6 Å². The van der Waals surface area contributed by atoms with Crippen LogP contribution >= 0.6 is 0 Å². The van der Waals surface area contributed by atoms with Crippen molar-refractivity contribution < 1.29 is 14.4 Å². The zero-order valence-corrected chi connectivity index (χ0v) is 11.2. The first kappa shape index (κ1) is 14.4. The lowest BCUT2D eigenvalue weighted by atomic mass is 10.1. The number of hydrogen-bond donors (Lipinski definition) is 2. The van der Waals surface area contributed by atoms with E-state index >= 15 is 0 Å². The summed E-state index contributed by atoms with van der Waals surface area (Å²) >= 11 is 0. The number of aldehydes is 1. The molecule has 2 rings (SSSR count). The minimum atomic E-state index is -0.633. The zero-order valence-electron chi connectivity index (χ0n) is 11.2. The summed E-state index contributed by atoms with van der Waals surface area (Å²) in [6, 6.07) is 6.41. The van der Waals surface area contributed by atoms with E-state index in [1.54, 1.807) is 25.1 Å². The third kappa shape index (κ3) is 3.11. The average molecular weight is 287 g/mol. The normalized spacial score (nSPS) is 10.1. The van der Waals surface area contributed by atoms with Crippen molar-refractivity contribution in [1.82, 2.24) is 15.0 Å². The Hall–Kier alpha value is -3.03. The minimum absolute atomic E-state index is 0.125. The molecule has 1 aromatic heterocycles. The molecule has 2 aromatic rings. The Bertz CT molecular complexity index is 708. The molecule has 0 saturated carbocycles. The largest absolute Gasteiger partial charge is 0.366 e. The summed E-state index contributed by atoms with van der Waals surface area (Å²) < 4.78 is 1.30. The van der Waals surface area contributed by atoms with E-state index in [0.29, 0.717) is 17.7 Å². The second-order valence-corrected chi connectivity index (χ2v) is 4.29. The lowest BCUT2D eigenvalue weighted by Gasteiger charge is -2.09. The van der Waals surface area contributed by atoms with Crippen LogP contribution in [-0.2, 0) is 11.3 Å². The Balaban J connectivity index is 2.14. The van der Waals surface area contributed by atoms with Gasteiger partial charge in [0.15, 0.2) is 6.29 Å². The third-order valence-electron chi connectivity index (χ3n) is 2.89. The number of nitrogens with one attached hydrogen (secondary N) is 1. The number of para-hydroxylation sites is 1. The highest BCUT2D eigenvalue weighted by molar-refractivity contribution is 6.02. The van der Waals surface area contributed by atoms with Crippen LogP contribution in [0.1, 0.15) is 26.5 Å². The number of primary amides is 1. The monoisotopic (exact) mass is 287 g/mol. The molecule has 108 valence electrons. The van der Waals surface area contributed by atoms with E-state index in [-0.39, 0.29) is 17.8 Å². The standard InChI is InChI=1S/C13H13N5O3/c1-8-11(7-19)16-17-18(8)6-12(20)15-10-5-3-2-4-9(10)13(14)21/h2-5,7H,6H2,1H3,(H2,14,21)(H,15,20). The lowest BCUT2D eigenvalue weighted by molar-refractivity contribution is -0.117. The predicted octanol–water partition coefficient (Wildman–Crippen LogP) is 0.137. The van der Waals surface area contributed by atoms with E-state index in [4.69, 9.17) is 5.73 Å². The van der Waals surface area contributed by atoms with Crippen molar-refractivity contribution in [2.24, 2.45) is 5.73 Å². The number of carbonyl (C=O) groups excluding carboxylic acids is 3. The molecule has 3 N–H and O–H groups in total. The van der Waals surface area contributed by atoms with Gasteiger partial charge in [0.25, 0.3) is 5.91 Å². The molecular weight excluding hydrogens is 274 g/mol. The van der Waals surface area contributed by atoms with Crippen molar-refractivity contribution in [2.45, 2.75) is 13.5 Å². The predicted molar refractivity (Wildman–Crippen MR) is 73.7 cm³/mol. The van der Waals surface area contributed by atoms with Gasteiger partial charge < -0.3 is 11.1 Å². The molecule has 21 heavy (non-hydrogen) atoms. The van der Waals surface area contributed by atoms with E-state index in [0.717, 1.165) is 0 Å². The fraction of sp³-hybridized carbons (Fsp3) is 0.154. The van der Waals surface area contributed by atoms with Gasteiger partial charge in [-0.3, -0.25) is 14.4 Å². The van der Waals surface area contributed by atoms with E-state index < -0.39 is 11.8 Å². The molecule has 0 fully saturated rings. The number of aromatic nitrogens is 3.